The first-order valence-corrected chi connectivity index (χ1v) is 10.9. The molecule has 32 heavy (non-hydrogen) atoms. The summed E-state index contributed by atoms with van der Waals surface area (Å²) in [4.78, 5) is 24.5. The van der Waals surface area contributed by atoms with Gasteiger partial charge in [0, 0.05) is 30.0 Å². The molecule has 0 radical (unpaired) electrons. The third-order valence-electron chi connectivity index (χ3n) is 5.07. The number of pyridine rings is 1. The molecule has 3 aromatic rings. The first kappa shape index (κ1) is 21.4. The van der Waals surface area contributed by atoms with Crippen LogP contribution < -0.4 is 10.6 Å². The van der Waals surface area contributed by atoms with Gasteiger partial charge in [-0.1, -0.05) is 23.5 Å². The van der Waals surface area contributed by atoms with Crippen LogP contribution in [0, 0.1) is 36.5 Å². The highest BCUT2D eigenvalue weighted by Crippen LogP contribution is 2.39. The number of hydrogen-bond donors (Lipinski definition) is 2. The van der Waals surface area contributed by atoms with Crippen molar-refractivity contribution >= 4 is 22.5 Å². The molecule has 2 amide bonds. The van der Waals surface area contributed by atoms with Crippen LogP contribution in [-0.4, -0.2) is 46.6 Å². The molecule has 0 aliphatic carbocycles. The van der Waals surface area contributed by atoms with Crippen molar-refractivity contribution in [3.05, 3.63) is 53.3 Å². The van der Waals surface area contributed by atoms with Crippen molar-refractivity contribution in [3.8, 4) is 33.8 Å². The van der Waals surface area contributed by atoms with Gasteiger partial charge in [0.05, 0.1) is 34.8 Å². The Balaban J connectivity index is 1.71. The van der Waals surface area contributed by atoms with Crippen LogP contribution in [0.2, 0.25) is 0 Å². The predicted molar refractivity (Wildman–Crippen MR) is 123 cm³/mol. The Hall–Kier alpha value is -3.79. The van der Waals surface area contributed by atoms with E-state index in [1.54, 1.807) is 17.0 Å². The summed E-state index contributed by atoms with van der Waals surface area (Å²) in [5.74, 6) is 0. The number of aromatic nitrogens is 2. The van der Waals surface area contributed by atoms with Crippen LogP contribution in [0.5, 0.6) is 0 Å². The van der Waals surface area contributed by atoms with Crippen molar-refractivity contribution in [2.45, 2.75) is 19.9 Å². The number of nitrogens with zero attached hydrogens (tertiary/aromatic N) is 5. The van der Waals surface area contributed by atoms with Gasteiger partial charge in [-0.15, -0.1) is 0 Å². The zero-order valence-electron chi connectivity index (χ0n) is 17.7. The van der Waals surface area contributed by atoms with Crippen LogP contribution in [0.3, 0.4) is 0 Å². The molecule has 1 aliphatic rings. The average molecular weight is 444 g/mol. The molecule has 1 saturated heterocycles. The lowest BCUT2D eigenvalue weighted by molar-refractivity contribution is 0.197. The Kier molecular flexibility index (Phi) is 6.13. The average Bonchev–Trinajstić information content (AvgIpc) is 3.22. The number of rotatable bonds is 3. The standard InChI is InChI=1S/C23H21N7OS/c1-14-8-18(9-15(2)27-14)21-20(17-5-3-4-16(10-17)11-24)28-22(32-21)29-23(31)30-7-6-26-19(12-25)13-30/h3-5,8-10,19,26H,6-7,13H2,1-2H3,(H,28,29,31). The van der Waals surface area contributed by atoms with E-state index in [4.69, 9.17) is 10.2 Å². The smallest absolute Gasteiger partial charge is 0.321 e. The lowest BCUT2D eigenvalue weighted by Crippen LogP contribution is -2.53. The van der Waals surface area contributed by atoms with E-state index in [-0.39, 0.29) is 12.1 Å². The van der Waals surface area contributed by atoms with Crippen LogP contribution in [0.1, 0.15) is 17.0 Å². The molecular formula is C23H21N7OS. The first-order valence-electron chi connectivity index (χ1n) is 10.1. The fourth-order valence-electron chi connectivity index (χ4n) is 3.66. The Morgan fingerprint density at radius 1 is 1.19 bits per heavy atom. The zero-order valence-corrected chi connectivity index (χ0v) is 18.5. The molecule has 1 unspecified atom stereocenters. The molecule has 160 valence electrons. The Morgan fingerprint density at radius 2 is 1.97 bits per heavy atom. The molecule has 2 N–H and O–H groups in total. The van der Waals surface area contributed by atoms with E-state index in [1.807, 2.05) is 38.1 Å². The van der Waals surface area contributed by atoms with E-state index in [9.17, 15) is 10.1 Å². The number of urea groups is 1. The Bertz CT molecular complexity index is 1230. The van der Waals surface area contributed by atoms with Crippen LogP contribution >= 0.6 is 11.3 Å². The zero-order chi connectivity index (χ0) is 22.7. The summed E-state index contributed by atoms with van der Waals surface area (Å²) >= 11 is 1.38. The molecule has 2 aromatic heterocycles. The van der Waals surface area contributed by atoms with E-state index in [0.717, 1.165) is 27.4 Å². The second-order valence-electron chi connectivity index (χ2n) is 7.54. The molecule has 1 aliphatic heterocycles. The molecular weight excluding hydrogens is 422 g/mol. The summed E-state index contributed by atoms with van der Waals surface area (Å²) in [6.07, 6.45) is 0. The van der Waals surface area contributed by atoms with Crippen LogP contribution in [-0.2, 0) is 0 Å². The molecule has 1 aromatic carbocycles. The van der Waals surface area contributed by atoms with Crippen molar-refractivity contribution in [3.63, 3.8) is 0 Å². The van der Waals surface area contributed by atoms with E-state index >= 15 is 0 Å². The van der Waals surface area contributed by atoms with Crippen LogP contribution in [0.25, 0.3) is 21.7 Å². The minimum absolute atomic E-state index is 0.286. The largest absolute Gasteiger partial charge is 0.323 e. The predicted octanol–water partition coefficient (Wildman–Crippen LogP) is 3.69. The van der Waals surface area contributed by atoms with Gasteiger partial charge in [-0.05, 0) is 43.7 Å². The quantitative estimate of drug-likeness (QED) is 0.637. The van der Waals surface area contributed by atoms with Crippen molar-refractivity contribution < 1.29 is 4.79 Å². The SMILES string of the molecule is Cc1cc(-c2sc(NC(=O)N3CCNC(C#N)C3)nc2-c2cccc(C#N)c2)cc(C)n1. The fraction of sp³-hybridized carbons (Fsp3) is 0.261. The van der Waals surface area contributed by atoms with Gasteiger partial charge in [-0.25, -0.2) is 9.78 Å². The topological polar surface area (TPSA) is 118 Å². The van der Waals surface area contributed by atoms with Gasteiger partial charge in [-0.2, -0.15) is 10.5 Å². The highest BCUT2D eigenvalue weighted by Gasteiger charge is 2.24. The normalized spacial score (nSPS) is 15.6. The van der Waals surface area contributed by atoms with E-state index < -0.39 is 0 Å². The molecule has 0 saturated carbocycles. The lowest BCUT2D eigenvalue weighted by atomic mass is 10.0. The van der Waals surface area contributed by atoms with Crippen molar-refractivity contribution in [2.24, 2.45) is 0 Å². The summed E-state index contributed by atoms with van der Waals surface area (Å²) in [6.45, 7) is 5.28. The lowest BCUT2D eigenvalue weighted by Gasteiger charge is -2.30. The van der Waals surface area contributed by atoms with Crippen molar-refractivity contribution in [2.75, 3.05) is 25.0 Å². The second kappa shape index (κ2) is 9.15. The van der Waals surface area contributed by atoms with Gasteiger partial charge >= 0.3 is 6.03 Å². The van der Waals surface area contributed by atoms with E-state index in [1.165, 1.54) is 11.3 Å². The minimum Gasteiger partial charge on any atom is -0.321 e. The van der Waals surface area contributed by atoms with E-state index in [0.29, 0.717) is 36.0 Å². The highest BCUT2D eigenvalue weighted by molar-refractivity contribution is 7.19. The van der Waals surface area contributed by atoms with E-state index in [2.05, 4.69) is 27.8 Å². The summed E-state index contributed by atoms with van der Waals surface area (Å²) < 4.78 is 0. The van der Waals surface area contributed by atoms with Gasteiger partial charge in [0.15, 0.2) is 5.13 Å². The summed E-state index contributed by atoms with van der Waals surface area (Å²) in [5.41, 5.74) is 4.77. The minimum atomic E-state index is -0.381. The molecule has 1 fully saturated rings. The maximum absolute atomic E-state index is 12.8. The van der Waals surface area contributed by atoms with Gasteiger partial charge in [-0.3, -0.25) is 15.6 Å². The number of carbonyl (C=O) groups excluding carboxylic acids is 1. The fourth-order valence-corrected chi connectivity index (χ4v) is 4.62. The Morgan fingerprint density at radius 3 is 2.69 bits per heavy atom. The third-order valence-corrected chi connectivity index (χ3v) is 6.09. The van der Waals surface area contributed by atoms with Crippen LogP contribution in [0.15, 0.2) is 36.4 Å². The van der Waals surface area contributed by atoms with Gasteiger partial charge in [0.25, 0.3) is 0 Å². The Labute approximate surface area is 190 Å². The first-order chi connectivity index (χ1) is 15.5. The van der Waals surface area contributed by atoms with Gasteiger partial charge in [0.2, 0.25) is 0 Å². The molecule has 8 nitrogen and oxygen atoms in total. The van der Waals surface area contributed by atoms with Crippen LogP contribution in [0.4, 0.5) is 9.93 Å². The maximum Gasteiger partial charge on any atom is 0.323 e. The summed E-state index contributed by atoms with van der Waals surface area (Å²) in [7, 11) is 0. The number of thiazole rings is 1. The van der Waals surface area contributed by atoms with Crippen molar-refractivity contribution in [1.29, 1.82) is 10.5 Å². The number of carbonyl (C=O) groups is 1. The highest BCUT2D eigenvalue weighted by atomic mass is 32.1. The number of nitrogens with one attached hydrogen (secondary N) is 2. The number of aryl methyl sites for hydroxylation is 2. The molecule has 9 heteroatoms. The second-order valence-corrected chi connectivity index (χ2v) is 8.54. The van der Waals surface area contributed by atoms with Gasteiger partial charge < -0.3 is 4.90 Å². The number of hydrogen-bond acceptors (Lipinski definition) is 7. The summed E-state index contributed by atoms with van der Waals surface area (Å²) in [6, 6.07) is 14.9. The molecule has 4 rings (SSSR count). The number of amides is 2. The number of piperazine rings is 1. The summed E-state index contributed by atoms with van der Waals surface area (Å²) in [5, 5.41) is 24.9. The number of nitriles is 2. The van der Waals surface area contributed by atoms with Crippen molar-refractivity contribution in [1.82, 2.24) is 20.2 Å². The van der Waals surface area contributed by atoms with Gasteiger partial charge in [0.1, 0.15) is 6.04 Å². The molecule has 0 spiro atoms. The number of benzene rings is 1. The molecule has 0 bridgehead atoms. The maximum atomic E-state index is 12.8. The molecule has 3 heterocycles. The monoisotopic (exact) mass is 443 g/mol. The number of anilines is 1. The third kappa shape index (κ3) is 4.59. The molecule has 1 atom stereocenters.